The SMILES string of the molecule is C[C@@H](NC(=O)N[C@H](C)c1nncn1C)c1cccc(F)c1. The van der Waals surface area contributed by atoms with Crippen molar-refractivity contribution in [2.75, 3.05) is 0 Å². The third-order valence-electron chi connectivity index (χ3n) is 3.18. The maximum atomic E-state index is 13.2. The highest BCUT2D eigenvalue weighted by atomic mass is 19.1. The van der Waals surface area contributed by atoms with E-state index in [9.17, 15) is 9.18 Å². The largest absolute Gasteiger partial charge is 0.332 e. The molecule has 0 fully saturated rings. The summed E-state index contributed by atoms with van der Waals surface area (Å²) in [7, 11) is 1.81. The zero-order chi connectivity index (χ0) is 15.4. The van der Waals surface area contributed by atoms with Gasteiger partial charge in [0, 0.05) is 7.05 Å². The van der Waals surface area contributed by atoms with E-state index in [1.807, 2.05) is 6.92 Å². The lowest BCUT2D eigenvalue weighted by Gasteiger charge is -2.18. The van der Waals surface area contributed by atoms with Gasteiger partial charge in [-0.3, -0.25) is 0 Å². The highest BCUT2D eigenvalue weighted by Crippen LogP contribution is 2.13. The number of urea groups is 1. The first-order valence-electron chi connectivity index (χ1n) is 6.63. The molecule has 112 valence electrons. The first kappa shape index (κ1) is 15.0. The molecule has 0 bridgehead atoms. The molecular weight excluding hydrogens is 273 g/mol. The van der Waals surface area contributed by atoms with Gasteiger partial charge in [0.25, 0.3) is 0 Å². The van der Waals surface area contributed by atoms with Gasteiger partial charge in [-0.05, 0) is 31.5 Å². The fourth-order valence-corrected chi connectivity index (χ4v) is 2.04. The summed E-state index contributed by atoms with van der Waals surface area (Å²) in [5.74, 6) is 0.331. The zero-order valence-electron chi connectivity index (χ0n) is 12.2. The number of nitrogens with one attached hydrogen (secondary N) is 2. The van der Waals surface area contributed by atoms with Crippen LogP contribution in [0.3, 0.4) is 0 Å². The average molecular weight is 291 g/mol. The van der Waals surface area contributed by atoms with Gasteiger partial charge < -0.3 is 15.2 Å². The number of halogens is 1. The van der Waals surface area contributed by atoms with E-state index in [-0.39, 0.29) is 23.9 Å². The highest BCUT2D eigenvalue weighted by Gasteiger charge is 2.16. The van der Waals surface area contributed by atoms with Crippen molar-refractivity contribution >= 4 is 6.03 Å². The summed E-state index contributed by atoms with van der Waals surface area (Å²) in [6, 6.07) is 5.22. The molecule has 2 amide bonds. The molecule has 7 heteroatoms. The average Bonchev–Trinajstić information content (AvgIpc) is 2.84. The fourth-order valence-electron chi connectivity index (χ4n) is 2.04. The maximum Gasteiger partial charge on any atom is 0.315 e. The van der Waals surface area contributed by atoms with Gasteiger partial charge in [-0.15, -0.1) is 10.2 Å². The van der Waals surface area contributed by atoms with Crippen molar-refractivity contribution in [2.24, 2.45) is 7.05 Å². The van der Waals surface area contributed by atoms with Crippen LogP contribution in [-0.4, -0.2) is 20.8 Å². The molecule has 2 atom stereocenters. The van der Waals surface area contributed by atoms with Gasteiger partial charge >= 0.3 is 6.03 Å². The van der Waals surface area contributed by atoms with Crippen molar-refractivity contribution in [3.63, 3.8) is 0 Å². The predicted octanol–water partition coefficient (Wildman–Crippen LogP) is 2.08. The lowest BCUT2D eigenvalue weighted by atomic mass is 10.1. The zero-order valence-corrected chi connectivity index (χ0v) is 12.2. The Morgan fingerprint density at radius 1 is 1.29 bits per heavy atom. The molecule has 0 unspecified atom stereocenters. The van der Waals surface area contributed by atoms with Gasteiger partial charge in [-0.2, -0.15) is 0 Å². The van der Waals surface area contributed by atoms with Crippen LogP contribution in [0, 0.1) is 5.82 Å². The van der Waals surface area contributed by atoms with Crippen molar-refractivity contribution in [3.8, 4) is 0 Å². The van der Waals surface area contributed by atoms with Crippen LogP contribution in [0.2, 0.25) is 0 Å². The number of benzene rings is 1. The summed E-state index contributed by atoms with van der Waals surface area (Å²) in [6.45, 7) is 3.61. The van der Waals surface area contributed by atoms with Crippen LogP contribution in [0.5, 0.6) is 0 Å². The van der Waals surface area contributed by atoms with E-state index in [0.29, 0.717) is 11.4 Å². The lowest BCUT2D eigenvalue weighted by molar-refractivity contribution is 0.234. The summed E-state index contributed by atoms with van der Waals surface area (Å²) in [4.78, 5) is 12.0. The first-order chi connectivity index (χ1) is 9.97. The number of aryl methyl sites for hydroxylation is 1. The number of nitrogens with zero attached hydrogens (tertiary/aromatic N) is 3. The molecule has 0 saturated carbocycles. The highest BCUT2D eigenvalue weighted by molar-refractivity contribution is 5.74. The Morgan fingerprint density at radius 2 is 2.00 bits per heavy atom. The molecule has 0 saturated heterocycles. The van der Waals surface area contributed by atoms with Gasteiger partial charge in [0.05, 0.1) is 12.1 Å². The Labute approximate surface area is 122 Å². The van der Waals surface area contributed by atoms with Gasteiger partial charge in [0.15, 0.2) is 5.82 Å². The van der Waals surface area contributed by atoms with Crippen molar-refractivity contribution < 1.29 is 9.18 Å². The Balaban J connectivity index is 1.94. The van der Waals surface area contributed by atoms with Crippen molar-refractivity contribution in [3.05, 3.63) is 47.8 Å². The van der Waals surface area contributed by atoms with E-state index >= 15 is 0 Å². The molecule has 0 radical (unpaired) electrons. The summed E-state index contributed by atoms with van der Waals surface area (Å²) in [5.41, 5.74) is 0.705. The third-order valence-corrected chi connectivity index (χ3v) is 3.18. The van der Waals surface area contributed by atoms with Gasteiger partial charge in [-0.1, -0.05) is 12.1 Å². The van der Waals surface area contributed by atoms with Gasteiger partial charge in [0.1, 0.15) is 12.1 Å². The van der Waals surface area contributed by atoms with Gasteiger partial charge in [-0.25, -0.2) is 9.18 Å². The van der Waals surface area contributed by atoms with Crippen LogP contribution in [0.4, 0.5) is 9.18 Å². The monoisotopic (exact) mass is 291 g/mol. The quantitative estimate of drug-likeness (QED) is 0.906. The van der Waals surface area contributed by atoms with E-state index in [1.165, 1.54) is 12.1 Å². The molecule has 0 aliphatic carbocycles. The number of aromatic nitrogens is 3. The fraction of sp³-hybridized carbons (Fsp3) is 0.357. The molecule has 0 aliphatic heterocycles. The maximum absolute atomic E-state index is 13.2. The van der Waals surface area contributed by atoms with Crippen LogP contribution in [-0.2, 0) is 7.05 Å². The Hall–Kier alpha value is -2.44. The molecular formula is C14H18FN5O. The van der Waals surface area contributed by atoms with E-state index in [2.05, 4.69) is 20.8 Å². The van der Waals surface area contributed by atoms with E-state index < -0.39 is 0 Å². The standard InChI is InChI=1S/C14H18FN5O/c1-9(11-5-4-6-12(15)7-11)17-14(21)18-10(2)13-19-16-8-20(13)3/h4-10H,1-3H3,(H2,17,18,21)/t9-,10-/m1/s1. The van der Waals surface area contributed by atoms with Crippen molar-refractivity contribution in [1.29, 1.82) is 0 Å². The van der Waals surface area contributed by atoms with Crippen molar-refractivity contribution in [1.82, 2.24) is 25.4 Å². The van der Waals surface area contributed by atoms with Crippen molar-refractivity contribution in [2.45, 2.75) is 25.9 Å². The number of rotatable bonds is 4. The number of amides is 2. The lowest BCUT2D eigenvalue weighted by Crippen LogP contribution is -2.39. The molecule has 21 heavy (non-hydrogen) atoms. The summed E-state index contributed by atoms with van der Waals surface area (Å²) >= 11 is 0. The molecule has 2 aromatic rings. The summed E-state index contributed by atoms with van der Waals surface area (Å²) < 4.78 is 14.9. The molecule has 6 nitrogen and oxygen atoms in total. The number of carbonyl (C=O) groups excluding carboxylic acids is 1. The van der Waals surface area contributed by atoms with Crippen LogP contribution >= 0.6 is 0 Å². The second kappa shape index (κ2) is 6.34. The Morgan fingerprint density at radius 3 is 2.62 bits per heavy atom. The molecule has 0 aliphatic rings. The summed E-state index contributed by atoms with van der Waals surface area (Å²) in [5, 5.41) is 13.2. The first-order valence-corrected chi connectivity index (χ1v) is 6.63. The second-order valence-corrected chi connectivity index (χ2v) is 4.92. The number of hydrogen-bond acceptors (Lipinski definition) is 3. The molecule has 2 N–H and O–H groups in total. The minimum absolute atomic E-state index is 0.280. The predicted molar refractivity (Wildman–Crippen MR) is 75.9 cm³/mol. The smallest absolute Gasteiger partial charge is 0.315 e. The molecule has 1 aromatic heterocycles. The summed E-state index contributed by atoms with van der Waals surface area (Å²) in [6.07, 6.45) is 1.57. The normalized spacial score (nSPS) is 13.5. The molecule has 1 aromatic carbocycles. The topological polar surface area (TPSA) is 71.8 Å². The van der Waals surface area contributed by atoms with Crippen LogP contribution in [0.1, 0.15) is 37.3 Å². The number of carbonyl (C=O) groups is 1. The Kier molecular flexibility index (Phi) is 4.52. The van der Waals surface area contributed by atoms with Gasteiger partial charge in [0.2, 0.25) is 0 Å². The second-order valence-electron chi connectivity index (χ2n) is 4.92. The molecule has 0 spiro atoms. The van der Waals surface area contributed by atoms with Crippen LogP contribution in [0.25, 0.3) is 0 Å². The van der Waals surface area contributed by atoms with Crippen LogP contribution < -0.4 is 10.6 Å². The molecule has 2 rings (SSSR count). The molecule has 1 heterocycles. The van der Waals surface area contributed by atoms with E-state index in [0.717, 1.165) is 0 Å². The minimum Gasteiger partial charge on any atom is -0.332 e. The van der Waals surface area contributed by atoms with E-state index in [1.54, 1.807) is 37.0 Å². The van der Waals surface area contributed by atoms with E-state index in [4.69, 9.17) is 0 Å². The third kappa shape index (κ3) is 3.77. The minimum atomic E-state index is -0.345. The number of hydrogen-bond donors (Lipinski definition) is 2. The Bertz CT molecular complexity index is 627. The van der Waals surface area contributed by atoms with Crippen LogP contribution in [0.15, 0.2) is 30.6 Å².